The minimum Gasteiger partial charge on any atom is -0.487 e. The Balaban J connectivity index is 1.65. The summed E-state index contributed by atoms with van der Waals surface area (Å²) in [6.45, 7) is 0.0588. The summed E-state index contributed by atoms with van der Waals surface area (Å²) >= 11 is 1.43. The van der Waals surface area contributed by atoms with Crippen molar-refractivity contribution in [1.82, 2.24) is 9.55 Å². The number of halogens is 1. The average Bonchev–Trinajstić information content (AvgIpc) is 3.11. The van der Waals surface area contributed by atoms with Crippen LogP contribution in [0, 0.1) is 5.82 Å². The molecule has 7 heteroatoms. The lowest BCUT2D eigenvalue weighted by atomic mass is 10.3. The molecule has 0 spiro atoms. The van der Waals surface area contributed by atoms with E-state index in [0.717, 1.165) is 5.69 Å². The van der Waals surface area contributed by atoms with Crippen LogP contribution in [0.4, 0.5) is 4.39 Å². The Morgan fingerprint density at radius 1 is 1.12 bits per heavy atom. The highest BCUT2D eigenvalue weighted by atomic mass is 32.2. The number of carbonyl (C=O) groups excluding carboxylic acids is 1. The van der Waals surface area contributed by atoms with Gasteiger partial charge in [0.05, 0.1) is 6.20 Å². The van der Waals surface area contributed by atoms with Crippen molar-refractivity contribution in [1.29, 1.82) is 0 Å². The molecule has 1 aromatic heterocycles. The third kappa shape index (κ3) is 4.05. The first-order chi connectivity index (χ1) is 12.7. The third-order valence-electron chi connectivity index (χ3n) is 3.55. The van der Waals surface area contributed by atoms with Crippen LogP contribution in [0.15, 0.2) is 66.0 Å². The molecule has 0 amide bonds. The van der Waals surface area contributed by atoms with Crippen molar-refractivity contribution < 1.29 is 18.7 Å². The second kappa shape index (κ2) is 8.53. The molecule has 0 radical (unpaired) electrons. The molecule has 0 bridgehead atoms. The van der Waals surface area contributed by atoms with Gasteiger partial charge in [-0.05, 0) is 30.5 Å². The molecule has 3 aromatic rings. The van der Waals surface area contributed by atoms with E-state index in [1.165, 1.54) is 30.1 Å². The van der Waals surface area contributed by atoms with Crippen LogP contribution in [0.25, 0.3) is 5.69 Å². The predicted molar refractivity (Wildman–Crippen MR) is 97.5 cm³/mol. The van der Waals surface area contributed by atoms with Crippen LogP contribution in [0.1, 0.15) is 10.5 Å². The van der Waals surface area contributed by atoms with Crippen molar-refractivity contribution in [3.63, 3.8) is 0 Å². The molecule has 0 saturated carbocycles. The molecular formula is C19H17FN2O3S. The number of para-hydroxylation sites is 2. The number of rotatable bonds is 7. The lowest BCUT2D eigenvalue weighted by molar-refractivity contribution is 0.0438. The van der Waals surface area contributed by atoms with Crippen molar-refractivity contribution in [3.8, 4) is 11.4 Å². The number of esters is 1. The van der Waals surface area contributed by atoms with E-state index in [0.29, 0.717) is 10.9 Å². The fourth-order valence-electron chi connectivity index (χ4n) is 2.37. The molecule has 0 aliphatic heterocycles. The molecule has 0 fully saturated rings. The van der Waals surface area contributed by atoms with Crippen molar-refractivity contribution in [2.75, 3.05) is 19.5 Å². The van der Waals surface area contributed by atoms with Crippen LogP contribution in [-0.2, 0) is 4.74 Å². The van der Waals surface area contributed by atoms with Gasteiger partial charge in [-0.25, -0.2) is 14.2 Å². The summed E-state index contributed by atoms with van der Waals surface area (Å²) < 4.78 is 25.8. The smallest absolute Gasteiger partial charge is 0.357 e. The van der Waals surface area contributed by atoms with Gasteiger partial charge in [0.25, 0.3) is 0 Å². The topological polar surface area (TPSA) is 53.4 Å². The highest BCUT2D eigenvalue weighted by molar-refractivity contribution is 7.98. The van der Waals surface area contributed by atoms with Crippen LogP contribution in [0.2, 0.25) is 0 Å². The molecule has 0 aliphatic carbocycles. The van der Waals surface area contributed by atoms with E-state index in [-0.39, 0.29) is 19.0 Å². The van der Waals surface area contributed by atoms with Gasteiger partial charge in [-0.2, -0.15) is 0 Å². The van der Waals surface area contributed by atoms with Gasteiger partial charge in [-0.1, -0.05) is 42.1 Å². The van der Waals surface area contributed by atoms with Gasteiger partial charge < -0.3 is 9.47 Å². The molecular weight excluding hydrogens is 355 g/mol. The van der Waals surface area contributed by atoms with Crippen molar-refractivity contribution >= 4 is 17.7 Å². The van der Waals surface area contributed by atoms with E-state index in [1.54, 1.807) is 16.7 Å². The third-order valence-corrected chi connectivity index (χ3v) is 4.20. The molecule has 0 unspecified atom stereocenters. The molecule has 2 aromatic carbocycles. The summed E-state index contributed by atoms with van der Waals surface area (Å²) in [7, 11) is 0. The first kappa shape index (κ1) is 18.0. The molecule has 5 nitrogen and oxygen atoms in total. The summed E-state index contributed by atoms with van der Waals surface area (Å²) in [4.78, 5) is 16.7. The summed E-state index contributed by atoms with van der Waals surface area (Å²) in [6.07, 6.45) is 3.37. The lowest BCUT2D eigenvalue weighted by Crippen LogP contribution is -2.16. The normalized spacial score (nSPS) is 10.5. The zero-order valence-electron chi connectivity index (χ0n) is 14.1. The quantitative estimate of drug-likeness (QED) is 0.357. The lowest BCUT2D eigenvalue weighted by Gasteiger charge is -2.11. The van der Waals surface area contributed by atoms with Gasteiger partial charge >= 0.3 is 5.97 Å². The fraction of sp³-hybridized carbons (Fsp3) is 0.158. The van der Waals surface area contributed by atoms with Gasteiger partial charge in [0.1, 0.15) is 13.2 Å². The fourth-order valence-corrected chi connectivity index (χ4v) is 2.92. The maximum Gasteiger partial charge on any atom is 0.357 e. The summed E-state index contributed by atoms with van der Waals surface area (Å²) in [6, 6.07) is 15.5. The molecule has 1 heterocycles. The Morgan fingerprint density at radius 2 is 1.85 bits per heavy atom. The molecule has 0 atom stereocenters. The largest absolute Gasteiger partial charge is 0.487 e. The number of carbonyl (C=O) groups is 1. The van der Waals surface area contributed by atoms with Gasteiger partial charge in [0.2, 0.25) is 0 Å². The SMILES string of the molecule is CSc1ncc(C(=O)OCCOc2ccccc2F)n1-c1ccccc1. The van der Waals surface area contributed by atoms with Crippen LogP contribution in [0.5, 0.6) is 5.75 Å². The first-order valence-corrected chi connectivity index (χ1v) is 9.15. The zero-order valence-corrected chi connectivity index (χ0v) is 14.9. The zero-order chi connectivity index (χ0) is 18.4. The number of imidazole rings is 1. The van der Waals surface area contributed by atoms with E-state index >= 15 is 0 Å². The standard InChI is InChI=1S/C19H17FN2O3S/c1-26-19-21-13-16(22(19)14-7-3-2-4-8-14)18(23)25-12-11-24-17-10-6-5-9-15(17)20/h2-10,13H,11-12H2,1H3. The second-order valence-electron chi connectivity index (χ2n) is 5.22. The highest BCUT2D eigenvalue weighted by Crippen LogP contribution is 2.22. The van der Waals surface area contributed by atoms with Crippen LogP contribution in [0.3, 0.4) is 0 Å². The van der Waals surface area contributed by atoms with E-state index in [4.69, 9.17) is 9.47 Å². The predicted octanol–water partition coefficient (Wildman–Crippen LogP) is 3.97. The Morgan fingerprint density at radius 3 is 2.58 bits per heavy atom. The molecule has 0 aliphatic rings. The maximum atomic E-state index is 13.5. The number of aromatic nitrogens is 2. The Hall–Kier alpha value is -2.80. The van der Waals surface area contributed by atoms with Crippen molar-refractivity contribution in [2.24, 2.45) is 0 Å². The molecule has 134 valence electrons. The Bertz CT molecular complexity index is 884. The van der Waals surface area contributed by atoms with Crippen LogP contribution in [-0.4, -0.2) is 35.0 Å². The number of hydrogen-bond acceptors (Lipinski definition) is 5. The first-order valence-electron chi connectivity index (χ1n) is 7.92. The number of thioether (sulfide) groups is 1. The van der Waals surface area contributed by atoms with Gasteiger partial charge in [-0.3, -0.25) is 4.57 Å². The number of hydrogen-bond donors (Lipinski definition) is 0. The number of nitrogens with zero attached hydrogens (tertiary/aromatic N) is 2. The molecule has 3 rings (SSSR count). The average molecular weight is 372 g/mol. The molecule has 26 heavy (non-hydrogen) atoms. The minimum absolute atomic E-state index is 0.00172. The summed E-state index contributed by atoms with van der Waals surface area (Å²) in [5, 5.41) is 0.686. The van der Waals surface area contributed by atoms with Gasteiger partial charge in [0, 0.05) is 5.69 Å². The van der Waals surface area contributed by atoms with E-state index in [1.807, 2.05) is 36.6 Å². The second-order valence-corrected chi connectivity index (χ2v) is 5.99. The summed E-state index contributed by atoms with van der Waals surface area (Å²) in [5.74, 6) is -0.841. The van der Waals surface area contributed by atoms with Gasteiger partial charge in [-0.15, -0.1) is 0 Å². The Labute approximate surface area is 154 Å². The number of ether oxygens (including phenoxy) is 2. The number of benzene rings is 2. The maximum absolute atomic E-state index is 13.5. The van der Waals surface area contributed by atoms with E-state index < -0.39 is 11.8 Å². The monoisotopic (exact) mass is 372 g/mol. The van der Waals surface area contributed by atoms with Gasteiger partial charge in [0.15, 0.2) is 22.4 Å². The van der Waals surface area contributed by atoms with Crippen LogP contribution < -0.4 is 4.74 Å². The van der Waals surface area contributed by atoms with Crippen molar-refractivity contribution in [3.05, 3.63) is 72.3 Å². The minimum atomic E-state index is -0.515. The summed E-state index contributed by atoms with van der Waals surface area (Å²) in [5.41, 5.74) is 1.15. The van der Waals surface area contributed by atoms with Crippen molar-refractivity contribution in [2.45, 2.75) is 5.16 Å². The van der Waals surface area contributed by atoms with E-state index in [2.05, 4.69) is 4.98 Å². The Kier molecular flexibility index (Phi) is 5.91. The molecule has 0 saturated heterocycles. The molecule has 0 N–H and O–H groups in total. The highest BCUT2D eigenvalue weighted by Gasteiger charge is 2.18. The van der Waals surface area contributed by atoms with E-state index in [9.17, 15) is 9.18 Å². The van der Waals surface area contributed by atoms with Crippen LogP contribution >= 0.6 is 11.8 Å².